The summed E-state index contributed by atoms with van der Waals surface area (Å²) in [5.41, 5.74) is 11.1. The van der Waals surface area contributed by atoms with Gasteiger partial charge in [-0.3, -0.25) is 0 Å². The predicted molar refractivity (Wildman–Crippen MR) is 113 cm³/mol. The summed E-state index contributed by atoms with van der Waals surface area (Å²) in [7, 11) is 0. The van der Waals surface area contributed by atoms with E-state index >= 15 is 0 Å². The minimum atomic E-state index is -0.524. The van der Waals surface area contributed by atoms with Gasteiger partial charge >= 0.3 is 171 Å². The van der Waals surface area contributed by atoms with Gasteiger partial charge in [0.2, 0.25) is 0 Å². The first-order chi connectivity index (χ1) is 12.3. The average Bonchev–Trinajstić information content (AvgIpc) is 3.19. The Morgan fingerprint density at radius 3 is 2.21 bits per heavy atom. The Hall–Kier alpha value is -0.400. The first-order valence-corrected chi connectivity index (χ1v) is 18.1. The SMILES string of the molecule is C[SiH](C)[Zr+2][c]1c(C2=CC(C(C)(C)C)=CC2)ccc2c1Cc1ccccc1-2.[Cl-].[Cl-]. The molecule has 0 fully saturated rings. The molecular formula is C24H28Cl2SiZr. The Kier molecular flexibility index (Phi) is 7.82. The van der Waals surface area contributed by atoms with Crippen molar-refractivity contribution in [3.63, 3.8) is 0 Å². The summed E-state index contributed by atoms with van der Waals surface area (Å²) in [6, 6.07) is 13.9. The van der Waals surface area contributed by atoms with Crippen LogP contribution < -0.4 is 28.1 Å². The van der Waals surface area contributed by atoms with Crippen LogP contribution in [0.1, 0.15) is 43.9 Å². The number of hydrogen-bond acceptors (Lipinski definition) is 0. The van der Waals surface area contributed by atoms with Crippen LogP contribution in [0, 0.1) is 5.41 Å². The Balaban J connectivity index is 0.00000140. The van der Waals surface area contributed by atoms with Crippen LogP contribution in [-0.4, -0.2) is 5.92 Å². The minimum absolute atomic E-state index is 0. The standard InChI is InChI=1S/C22H21.C2H7Si.2ClH.Zr/c1-22(2,3)19-10-8-16(14-19)15-9-11-21-18(12-15)13-17-6-4-5-7-20(17)21;1-3-2;;;/h4-7,9-11,14H,8,13H2,1-3H3;3H,1-2H3;2*1H;/q;;;;+2/p-2. The van der Waals surface area contributed by atoms with Crippen LogP contribution in [0.4, 0.5) is 0 Å². The van der Waals surface area contributed by atoms with Gasteiger partial charge in [-0.05, 0) is 0 Å². The normalized spacial score (nSPS) is 14.4. The molecule has 0 aliphatic heterocycles. The van der Waals surface area contributed by atoms with Crippen molar-refractivity contribution in [2.24, 2.45) is 5.41 Å². The third-order valence-corrected chi connectivity index (χ3v) is 14.2. The van der Waals surface area contributed by atoms with Crippen molar-refractivity contribution in [2.45, 2.75) is 46.7 Å². The summed E-state index contributed by atoms with van der Waals surface area (Å²) in [6.07, 6.45) is 7.22. The molecule has 0 heterocycles. The molecule has 4 heteroatoms. The van der Waals surface area contributed by atoms with Gasteiger partial charge in [0, 0.05) is 0 Å². The Morgan fingerprint density at radius 2 is 1.57 bits per heavy atom. The molecule has 0 aromatic heterocycles. The van der Waals surface area contributed by atoms with Crippen molar-refractivity contribution < 1.29 is 47.2 Å². The van der Waals surface area contributed by atoms with E-state index < -0.39 is 28.3 Å². The molecule has 0 radical (unpaired) electrons. The largest absolute Gasteiger partial charge is 1.00 e. The van der Waals surface area contributed by atoms with E-state index in [0.29, 0.717) is 0 Å². The molecule has 4 rings (SSSR count). The molecule has 2 aliphatic rings. The van der Waals surface area contributed by atoms with E-state index in [0.717, 1.165) is 12.8 Å². The summed E-state index contributed by atoms with van der Waals surface area (Å²) >= 11 is -0.477. The smallest absolute Gasteiger partial charge is 1.00 e. The second-order valence-electron chi connectivity index (χ2n) is 8.93. The van der Waals surface area contributed by atoms with Crippen molar-refractivity contribution in [1.82, 2.24) is 0 Å². The van der Waals surface area contributed by atoms with Gasteiger partial charge in [0.05, 0.1) is 0 Å². The number of halogens is 2. The van der Waals surface area contributed by atoms with Gasteiger partial charge in [0.15, 0.2) is 0 Å². The molecule has 0 atom stereocenters. The van der Waals surface area contributed by atoms with Crippen LogP contribution >= 0.6 is 0 Å². The zero-order valence-corrected chi connectivity index (χ0v) is 22.5. The molecule has 0 bridgehead atoms. The van der Waals surface area contributed by atoms with Gasteiger partial charge in [0.1, 0.15) is 0 Å². The van der Waals surface area contributed by atoms with E-state index in [1.165, 1.54) is 22.3 Å². The predicted octanol–water partition coefficient (Wildman–Crippen LogP) is -0.283. The monoisotopic (exact) mass is 504 g/mol. The van der Waals surface area contributed by atoms with Crippen molar-refractivity contribution in [3.8, 4) is 11.1 Å². The van der Waals surface area contributed by atoms with E-state index in [-0.39, 0.29) is 30.2 Å². The van der Waals surface area contributed by atoms with E-state index in [2.05, 4.69) is 82.4 Å². The van der Waals surface area contributed by atoms with Gasteiger partial charge in [-0.2, -0.15) is 0 Å². The first-order valence-electron chi connectivity index (χ1n) is 9.77. The molecule has 146 valence electrons. The first kappa shape index (κ1) is 23.9. The number of hydrogen-bond donors (Lipinski definition) is 0. The molecule has 0 amide bonds. The number of fused-ring (bicyclic) bond motifs is 3. The Morgan fingerprint density at radius 1 is 0.893 bits per heavy atom. The summed E-state index contributed by atoms with van der Waals surface area (Å²) in [5.74, 6) is -0.524. The van der Waals surface area contributed by atoms with Gasteiger partial charge in [-0.15, -0.1) is 0 Å². The number of allylic oxidation sites excluding steroid dienone is 4. The fourth-order valence-corrected chi connectivity index (χ4v) is 12.9. The summed E-state index contributed by atoms with van der Waals surface area (Å²) in [5, 5.41) is 0. The molecule has 0 nitrogen and oxygen atoms in total. The Labute approximate surface area is 194 Å². The van der Waals surface area contributed by atoms with E-state index in [1.807, 2.05) is 3.27 Å². The van der Waals surface area contributed by atoms with Crippen LogP contribution in [0.15, 0.2) is 54.1 Å². The van der Waals surface area contributed by atoms with Gasteiger partial charge in [0.25, 0.3) is 0 Å². The Bertz CT molecular complexity index is 936. The number of benzene rings is 2. The fraction of sp³-hybridized carbons (Fsp3) is 0.333. The molecule has 2 aromatic rings. The summed E-state index contributed by atoms with van der Waals surface area (Å²) in [6.45, 7) is 12.1. The molecular weight excluding hydrogens is 478 g/mol. The molecule has 2 aromatic carbocycles. The average molecular weight is 507 g/mol. The molecule has 0 N–H and O–H groups in total. The molecule has 0 spiro atoms. The van der Waals surface area contributed by atoms with Crippen LogP contribution in [0.5, 0.6) is 0 Å². The zero-order valence-electron chi connectivity index (χ0n) is 17.4. The van der Waals surface area contributed by atoms with Crippen LogP contribution in [0.2, 0.25) is 13.1 Å². The van der Waals surface area contributed by atoms with E-state index in [9.17, 15) is 0 Å². The van der Waals surface area contributed by atoms with E-state index in [4.69, 9.17) is 0 Å². The molecule has 0 unspecified atom stereocenters. The third kappa shape index (κ3) is 4.51. The molecule has 28 heavy (non-hydrogen) atoms. The zero-order chi connectivity index (χ0) is 18.5. The maximum Gasteiger partial charge on any atom is -1.00 e. The van der Waals surface area contributed by atoms with Gasteiger partial charge in [-0.1, -0.05) is 0 Å². The number of rotatable bonds is 3. The van der Waals surface area contributed by atoms with Crippen LogP contribution in [-0.2, 0) is 28.8 Å². The minimum Gasteiger partial charge on any atom is -1.00 e. The van der Waals surface area contributed by atoms with Crippen LogP contribution in [0.25, 0.3) is 16.7 Å². The van der Waals surface area contributed by atoms with E-state index in [1.54, 1.807) is 16.7 Å². The van der Waals surface area contributed by atoms with Crippen molar-refractivity contribution in [1.29, 1.82) is 0 Å². The topological polar surface area (TPSA) is 0 Å². The van der Waals surface area contributed by atoms with Crippen LogP contribution in [0.3, 0.4) is 0 Å². The fourth-order valence-electron chi connectivity index (χ4n) is 4.17. The quantitative estimate of drug-likeness (QED) is 0.429. The molecule has 0 saturated heterocycles. The summed E-state index contributed by atoms with van der Waals surface area (Å²) in [4.78, 5) is 0. The van der Waals surface area contributed by atoms with Crippen molar-refractivity contribution in [2.75, 3.05) is 0 Å². The van der Waals surface area contributed by atoms with Crippen molar-refractivity contribution >= 4 is 14.8 Å². The van der Waals surface area contributed by atoms with Gasteiger partial charge < -0.3 is 24.8 Å². The maximum atomic E-state index is 2.55. The second kappa shape index (κ2) is 9.17. The van der Waals surface area contributed by atoms with Gasteiger partial charge in [-0.25, -0.2) is 0 Å². The third-order valence-electron chi connectivity index (χ3n) is 5.50. The van der Waals surface area contributed by atoms with Crippen molar-refractivity contribution in [3.05, 3.63) is 70.8 Å². The maximum absolute atomic E-state index is 2.55. The summed E-state index contributed by atoms with van der Waals surface area (Å²) < 4.78 is 1.82. The second-order valence-corrected chi connectivity index (χ2v) is 23.4. The molecule has 0 saturated carbocycles. The molecule has 2 aliphatic carbocycles.